The molecule has 1 aromatic rings. The SMILES string of the molecule is CCc1ccc(N)cc1S(=O)(=O)N1CC2CCC1C2. The second-order valence-electron chi connectivity index (χ2n) is 5.63. The van der Waals surface area contributed by atoms with Gasteiger partial charge in [-0.25, -0.2) is 8.42 Å². The van der Waals surface area contributed by atoms with Crippen molar-refractivity contribution in [3.8, 4) is 0 Å². The molecule has 2 unspecified atom stereocenters. The fourth-order valence-electron chi connectivity index (χ4n) is 3.40. The molecule has 2 aliphatic rings. The third-order valence-corrected chi connectivity index (χ3v) is 6.42. The van der Waals surface area contributed by atoms with Crippen molar-refractivity contribution in [2.45, 2.75) is 43.5 Å². The minimum absolute atomic E-state index is 0.209. The summed E-state index contributed by atoms with van der Waals surface area (Å²) in [4.78, 5) is 0.405. The van der Waals surface area contributed by atoms with Crippen molar-refractivity contribution in [3.63, 3.8) is 0 Å². The van der Waals surface area contributed by atoms with E-state index in [4.69, 9.17) is 5.73 Å². The van der Waals surface area contributed by atoms with E-state index < -0.39 is 10.0 Å². The number of nitrogens with two attached hydrogens (primary N) is 1. The van der Waals surface area contributed by atoms with E-state index in [2.05, 4.69) is 0 Å². The zero-order chi connectivity index (χ0) is 13.6. The van der Waals surface area contributed by atoms with Gasteiger partial charge in [0, 0.05) is 18.3 Å². The lowest BCUT2D eigenvalue weighted by Gasteiger charge is -2.27. The molecule has 2 N–H and O–H groups in total. The molecular weight excluding hydrogens is 260 g/mol. The molecule has 1 heterocycles. The summed E-state index contributed by atoms with van der Waals surface area (Å²) in [5, 5.41) is 0. The smallest absolute Gasteiger partial charge is 0.243 e. The van der Waals surface area contributed by atoms with Crippen LogP contribution in [0.15, 0.2) is 23.1 Å². The van der Waals surface area contributed by atoms with Crippen LogP contribution in [0.1, 0.15) is 31.7 Å². The maximum absolute atomic E-state index is 12.8. The maximum Gasteiger partial charge on any atom is 0.243 e. The van der Waals surface area contributed by atoms with E-state index in [0.29, 0.717) is 29.5 Å². The van der Waals surface area contributed by atoms with Crippen LogP contribution in [0.3, 0.4) is 0 Å². The summed E-state index contributed by atoms with van der Waals surface area (Å²) in [7, 11) is -3.38. The molecule has 0 aromatic heterocycles. The van der Waals surface area contributed by atoms with E-state index in [1.54, 1.807) is 16.4 Å². The van der Waals surface area contributed by atoms with Crippen molar-refractivity contribution in [1.29, 1.82) is 0 Å². The number of nitrogen functional groups attached to an aromatic ring is 1. The Morgan fingerprint density at radius 3 is 2.74 bits per heavy atom. The molecule has 19 heavy (non-hydrogen) atoms. The fourth-order valence-corrected chi connectivity index (χ4v) is 5.48. The van der Waals surface area contributed by atoms with Gasteiger partial charge in [-0.2, -0.15) is 4.31 Å². The standard InChI is InChI=1S/C14H20N2O2S/c1-2-11-4-5-12(15)8-14(11)19(17,18)16-9-10-3-6-13(16)7-10/h4-5,8,10,13H,2-3,6-7,9,15H2,1H3. The number of hydrogen-bond acceptors (Lipinski definition) is 3. The molecular formula is C14H20N2O2S. The van der Waals surface area contributed by atoms with Crippen LogP contribution in [-0.2, 0) is 16.4 Å². The maximum atomic E-state index is 12.8. The predicted molar refractivity (Wildman–Crippen MR) is 75.3 cm³/mol. The number of rotatable bonds is 3. The largest absolute Gasteiger partial charge is 0.399 e. The van der Waals surface area contributed by atoms with Crippen LogP contribution >= 0.6 is 0 Å². The molecule has 2 fully saturated rings. The van der Waals surface area contributed by atoms with Gasteiger partial charge >= 0.3 is 0 Å². The van der Waals surface area contributed by atoms with Crippen molar-refractivity contribution in [2.24, 2.45) is 5.92 Å². The summed E-state index contributed by atoms with van der Waals surface area (Å²) in [6.45, 7) is 2.66. The van der Waals surface area contributed by atoms with Gasteiger partial charge in [-0.3, -0.25) is 0 Å². The van der Waals surface area contributed by atoms with Crippen molar-refractivity contribution >= 4 is 15.7 Å². The number of sulfonamides is 1. The molecule has 0 amide bonds. The fraction of sp³-hybridized carbons (Fsp3) is 0.571. The van der Waals surface area contributed by atoms with Crippen molar-refractivity contribution in [1.82, 2.24) is 4.31 Å². The number of fused-ring (bicyclic) bond motifs is 2. The molecule has 1 aliphatic carbocycles. The molecule has 1 aromatic carbocycles. The van der Waals surface area contributed by atoms with Crippen LogP contribution in [0.5, 0.6) is 0 Å². The number of anilines is 1. The lowest BCUT2D eigenvalue weighted by molar-refractivity contribution is 0.333. The molecule has 104 valence electrons. The van der Waals surface area contributed by atoms with Gasteiger partial charge in [0.05, 0.1) is 4.90 Å². The van der Waals surface area contributed by atoms with Crippen LogP contribution in [0.4, 0.5) is 5.69 Å². The third kappa shape index (κ3) is 2.05. The molecule has 3 rings (SSSR count). The number of nitrogens with zero attached hydrogens (tertiary/aromatic N) is 1. The monoisotopic (exact) mass is 280 g/mol. The first-order valence-electron chi connectivity index (χ1n) is 6.92. The Labute approximate surface area is 114 Å². The first-order valence-corrected chi connectivity index (χ1v) is 8.36. The van der Waals surface area contributed by atoms with Crippen molar-refractivity contribution in [2.75, 3.05) is 12.3 Å². The summed E-state index contributed by atoms with van der Waals surface area (Å²) in [6.07, 6.45) is 3.92. The van der Waals surface area contributed by atoms with Crippen LogP contribution in [0.2, 0.25) is 0 Å². The first-order chi connectivity index (χ1) is 9.02. The molecule has 2 atom stereocenters. The van der Waals surface area contributed by atoms with Crippen LogP contribution in [0.25, 0.3) is 0 Å². The highest BCUT2D eigenvalue weighted by molar-refractivity contribution is 7.89. The van der Waals surface area contributed by atoms with Gasteiger partial charge in [0.15, 0.2) is 0 Å². The Morgan fingerprint density at radius 2 is 2.16 bits per heavy atom. The van der Waals surface area contributed by atoms with E-state index in [0.717, 1.165) is 18.4 Å². The summed E-state index contributed by atoms with van der Waals surface area (Å²) in [5.41, 5.74) is 7.14. The normalized spacial score (nSPS) is 27.0. The number of hydrogen-bond donors (Lipinski definition) is 1. The lowest BCUT2D eigenvalue weighted by Crippen LogP contribution is -2.38. The average Bonchev–Trinajstić information content (AvgIpc) is 3.01. The Kier molecular flexibility index (Phi) is 3.06. The summed E-state index contributed by atoms with van der Waals surface area (Å²) in [6, 6.07) is 5.42. The predicted octanol–water partition coefficient (Wildman–Crippen LogP) is 2.00. The van der Waals surface area contributed by atoms with Gasteiger partial charge in [-0.05, 0) is 49.3 Å². The lowest BCUT2D eigenvalue weighted by atomic mass is 10.1. The Hall–Kier alpha value is -1.07. The number of aryl methyl sites for hydroxylation is 1. The third-order valence-electron chi connectivity index (χ3n) is 4.42. The van der Waals surface area contributed by atoms with E-state index in [9.17, 15) is 8.42 Å². The average molecular weight is 280 g/mol. The van der Waals surface area contributed by atoms with Crippen LogP contribution in [0, 0.1) is 5.92 Å². The van der Waals surface area contributed by atoms with Gasteiger partial charge in [-0.1, -0.05) is 13.0 Å². The van der Waals surface area contributed by atoms with Crippen LogP contribution in [-0.4, -0.2) is 25.3 Å². The summed E-state index contributed by atoms with van der Waals surface area (Å²) in [5.74, 6) is 0.561. The molecule has 4 nitrogen and oxygen atoms in total. The molecule has 5 heteroatoms. The molecule has 1 aliphatic heterocycles. The topological polar surface area (TPSA) is 63.4 Å². The quantitative estimate of drug-likeness (QED) is 0.861. The van der Waals surface area contributed by atoms with E-state index in [1.165, 1.54) is 6.42 Å². The van der Waals surface area contributed by atoms with E-state index in [-0.39, 0.29) is 6.04 Å². The minimum atomic E-state index is -3.38. The number of benzene rings is 1. The highest BCUT2D eigenvalue weighted by atomic mass is 32.2. The minimum Gasteiger partial charge on any atom is -0.399 e. The van der Waals surface area contributed by atoms with E-state index in [1.807, 2.05) is 13.0 Å². The Morgan fingerprint density at radius 1 is 1.37 bits per heavy atom. The second kappa shape index (κ2) is 4.49. The molecule has 0 radical (unpaired) electrons. The van der Waals surface area contributed by atoms with Gasteiger partial charge < -0.3 is 5.73 Å². The first kappa shape index (κ1) is 12.9. The Bertz CT molecular complexity index is 597. The summed E-state index contributed by atoms with van der Waals surface area (Å²) >= 11 is 0. The van der Waals surface area contributed by atoms with Gasteiger partial charge in [-0.15, -0.1) is 0 Å². The molecule has 0 spiro atoms. The zero-order valence-corrected chi connectivity index (χ0v) is 12.0. The zero-order valence-electron chi connectivity index (χ0n) is 11.2. The van der Waals surface area contributed by atoms with Crippen molar-refractivity contribution < 1.29 is 8.42 Å². The Balaban J connectivity index is 2.03. The molecule has 1 saturated carbocycles. The van der Waals surface area contributed by atoms with Crippen molar-refractivity contribution in [3.05, 3.63) is 23.8 Å². The molecule has 2 bridgehead atoms. The van der Waals surface area contributed by atoms with Gasteiger partial charge in [0.25, 0.3) is 0 Å². The molecule has 1 saturated heterocycles. The number of piperidine rings is 1. The van der Waals surface area contributed by atoms with E-state index >= 15 is 0 Å². The highest BCUT2D eigenvalue weighted by Crippen LogP contribution is 2.41. The van der Waals surface area contributed by atoms with Gasteiger partial charge in [0.2, 0.25) is 10.0 Å². The summed E-state index contributed by atoms with van der Waals surface area (Å²) < 4.78 is 27.4. The second-order valence-corrected chi connectivity index (χ2v) is 7.49. The van der Waals surface area contributed by atoms with Gasteiger partial charge in [0.1, 0.15) is 0 Å². The van der Waals surface area contributed by atoms with Crippen LogP contribution < -0.4 is 5.73 Å². The highest BCUT2D eigenvalue weighted by Gasteiger charge is 2.44.